The van der Waals surface area contributed by atoms with Crippen molar-refractivity contribution in [3.05, 3.63) is 107 Å². The van der Waals surface area contributed by atoms with Gasteiger partial charge in [-0.1, -0.05) is 60.7 Å². The molecule has 0 aromatic heterocycles. The number of halogens is 2. The normalized spacial score (nSPS) is 13.4. The lowest BCUT2D eigenvalue weighted by Crippen LogP contribution is -2.39. The fourth-order valence-electron chi connectivity index (χ4n) is 2.83. The Morgan fingerprint density at radius 3 is 2.04 bits per heavy atom. The molecular weight excluding hydrogens is 320 g/mol. The van der Waals surface area contributed by atoms with E-state index in [-0.39, 0.29) is 24.7 Å². The summed E-state index contributed by atoms with van der Waals surface area (Å²) in [6.07, 6.45) is 0. The van der Waals surface area contributed by atoms with Crippen molar-refractivity contribution < 1.29 is 13.9 Å². The molecule has 128 valence electrons. The van der Waals surface area contributed by atoms with Crippen LogP contribution in [-0.2, 0) is 12.1 Å². The summed E-state index contributed by atoms with van der Waals surface area (Å²) in [6.45, 7) is 0.444. The van der Waals surface area contributed by atoms with E-state index >= 15 is 0 Å². The molecule has 0 fully saturated rings. The minimum Gasteiger partial charge on any atom is -0.379 e. The highest BCUT2D eigenvalue weighted by atomic mass is 19.1. The van der Waals surface area contributed by atoms with Crippen LogP contribution in [0.5, 0.6) is 0 Å². The minimum absolute atomic E-state index is 0.164. The van der Waals surface area contributed by atoms with Crippen LogP contribution in [0.25, 0.3) is 0 Å². The molecule has 2 nitrogen and oxygen atoms in total. The largest absolute Gasteiger partial charge is 0.379 e. The number of hydrogen-bond donors (Lipinski definition) is 2. The van der Waals surface area contributed by atoms with Gasteiger partial charge in [-0.25, -0.2) is 8.78 Å². The van der Waals surface area contributed by atoms with Gasteiger partial charge in [0, 0.05) is 18.7 Å². The summed E-state index contributed by atoms with van der Waals surface area (Å²) in [5.41, 5.74) is 0.432. The molecule has 0 saturated heterocycles. The van der Waals surface area contributed by atoms with Crippen molar-refractivity contribution in [1.82, 2.24) is 5.32 Å². The minimum atomic E-state index is -1.35. The fraction of sp³-hybridized carbons (Fsp3) is 0.143. The molecule has 0 aliphatic heterocycles. The second-order valence-corrected chi connectivity index (χ2v) is 5.93. The van der Waals surface area contributed by atoms with Gasteiger partial charge in [0.05, 0.1) is 0 Å². The average Bonchev–Trinajstić information content (AvgIpc) is 2.64. The first-order chi connectivity index (χ1) is 12.1. The molecular formula is C21H19F2NO. The maximum Gasteiger partial charge on any atom is 0.127 e. The molecule has 0 aliphatic carbocycles. The van der Waals surface area contributed by atoms with E-state index in [1.165, 1.54) is 18.2 Å². The molecule has 0 bridgehead atoms. The summed E-state index contributed by atoms with van der Waals surface area (Å²) < 4.78 is 27.0. The molecule has 1 unspecified atom stereocenters. The van der Waals surface area contributed by atoms with Crippen LogP contribution < -0.4 is 5.32 Å². The predicted molar refractivity (Wildman–Crippen MR) is 93.9 cm³/mol. The van der Waals surface area contributed by atoms with Gasteiger partial charge in [-0.2, -0.15) is 0 Å². The summed E-state index contributed by atoms with van der Waals surface area (Å²) in [7, 11) is 0. The molecule has 25 heavy (non-hydrogen) atoms. The lowest BCUT2D eigenvalue weighted by atomic mass is 9.86. The Bertz CT molecular complexity index is 821. The number of benzene rings is 3. The molecule has 1 atom stereocenters. The lowest BCUT2D eigenvalue weighted by Gasteiger charge is -2.30. The van der Waals surface area contributed by atoms with Crippen molar-refractivity contribution in [2.75, 3.05) is 6.54 Å². The van der Waals surface area contributed by atoms with E-state index in [2.05, 4.69) is 5.32 Å². The van der Waals surface area contributed by atoms with Crippen LogP contribution >= 0.6 is 0 Å². The molecule has 3 aromatic rings. The summed E-state index contributed by atoms with van der Waals surface area (Å²) in [4.78, 5) is 0. The van der Waals surface area contributed by atoms with Gasteiger partial charge in [0.2, 0.25) is 0 Å². The molecule has 0 radical (unpaired) electrons. The molecule has 0 spiro atoms. The van der Waals surface area contributed by atoms with Crippen LogP contribution in [0.4, 0.5) is 8.78 Å². The van der Waals surface area contributed by atoms with Crippen LogP contribution in [0.3, 0.4) is 0 Å². The van der Waals surface area contributed by atoms with Crippen molar-refractivity contribution in [2.45, 2.75) is 12.1 Å². The molecule has 4 heteroatoms. The van der Waals surface area contributed by atoms with E-state index in [4.69, 9.17) is 0 Å². The van der Waals surface area contributed by atoms with Gasteiger partial charge in [-0.15, -0.1) is 0 Å². The Balaban J connectivity index is 1.84. The standard InChI is InChI=1S/C21H19F2NO/c22-19-12-10-18(11-13-19)21(25,17-7-2-1-3-8-17)15-24-14-16-6-4-5-9-20(16)23/h1-13,24-25H,14-15H2. The van der Waals surface area contributed by atoms with Crippen LogP contribution in [-0.4, -0.2) is 11.7 Å². The second-order valence-electron chi connectivity index (χ2n) is 5.93. The third-order valence-electron chi connectivity index (χ3n) is 4.23. The Labute approximate surface area is 145 Å². The van der Waals surface area contributed by atoms with Crippen LogP contribution in [0.1, 0.15) is 16.7 Å². The number of hydrogen-bond acceptors (Lipinski definition) is 2. The topological polar surface area (TPSA) is 32.3 Å². The van der Waals surface area contributed by atoms with Crippen molar-refractivity contribution >= 4 is 0 Å². The van der Waals surface area contributed by atoms with E-state index in [1.807, 2.05) is 30.3 Å². The van der Waals surface area contributed by atoms with Gasteiger partial charge in [-0.05, 0) is 29.3 Å². The zero-order valence-electron chi connectivity index (χ0n) is 13.6. The van der Waals surface area contributed by atoms with Gasteiger partial charge in [0.1, 0.15) is 17.2 Å². The third kappa shape index (κ3) is 3.92. The molecule has 0 heterocycles. The van der Waals surface area contributed by atoms with E-state index in [0.717, 1.165) is 0 Å². The first-order valence-electron chi connectivity index (χ1n) is 8.08. The Morgan fingerprint density at radius 1 is 0.760 bits per heavy atom. The van der Waals surface area contributed by atoms with Crippen molar-refractivity contribution in [3.8, 4) is 0 Å². The van der Waals surface area contributed by atoms with E-state index < -0.39 is 5.60 Å². The van der Waals surface area contributed by atoms with Gasteiger partial charge in [0.25, 0.3) is 0 Å². The van der Waals surface area contributed by atoms with Crippen LogP contribution in [0.2, 0.25) is 0 Å². The molecule has 0 amide bonds. The van der Waals surface area contributed by atoms with Gasteiger partial charge < -0.3 is 10.4 Å². The summed E-state index contributed by atoms with van der Waals surface area (Å²) in [5, 5.41) is 14.4. The van der Waals surface area contributed by atoms with Crippen LogP contribution in [0.15, 0.2) is 78.9 Å². The van der Waals surface area contributed by atoms with Crippen molar-refractivity contribution in [2.24, 2.45) is 0 Å². The highest BCUT2D eigenvalue weighted by Crippen LogP contribution is 2.29. The molecule has 2 N–H and O–H groups in total. The molecule has 3 aromatic carbocycles. The number of aliphatic hydroxyl groups is 1. The highest BCUT2D eigenvalue weighted by Gasteiger charge is 2.31. The number of rotatable bonds is 6. The third-order valence-corrected chi connectivity index (χ3v) is 4.23. The maximum absolute atomic E-state index is 13.8. The van der Waals surface area contributed by atoms with Crippen LogP contribution in [0, 0.1) is 11.6 Å². The van der Waals surface area contributed by atoms with E-state index in [1.54, 1.807) is 30.3 Å². The Morgan fingerprint density at radius 2 is 1.36 bits per heavy atom. The molecule has 0 saturated carbocycles. The SMILES string of the molecule is OC(CNCc1ccccc1F)(c1ccccc1)c1ccc(F)cc1. The average molecular weight is 339 g/mol. The summed E-state index contributed by atoms with van der Waals surface area (Å²) >= 11 is 0. The Hall–Kier alpha value is -2.56. The summed E-state index contributed by atoms with van der Waals surface area (Å²) in [5.74, 6) is -0.654. The van der Waals surface area contributed by atoms with Crippen molar-refractivity contribution in [1.29, 1.82) is 0 Å². The van der Waals surface area contributed by atoms with Gasteiger partial charge in [-0.3, -0.25) is 0 Å². The van der Waals surface area contributed by atoms with Crippen molar-refractivity contribution in [3.63, 3.8) is 0 Å². The molecule has 3 rings (SSSR count). The Kier molecular flexibility index (Phi) is 5.22. The zero-order chi connectivity index (χ0) is 17.7. The smallest absolute Gasteiger partial charge is 0.127 e. The van der Waals surface area contributed by atoms with Gasteiger partial charge in [0.15, 0.2) is 0 Å². The first-order valence-corrected chi connectivity index (χ1v) is 8.08. The first kappa shape index (κ1) is 17.3. The van der Waals surface area contributed by atoms with E-state index in [9.17, 15) is 13.9 Å². The fourth-order valence-corrected chi connectivity index (χ4v) is 2.83. The maximum atomic E-state index is 13.8. The second kappa shape index (κ2) is 7.55. The lowest BCUT2D eigenvalue weighted by molar-refractivity contribution is 0.0794. The molecule has 0 aliphatic rings. The summed E-state index contributed by atoms with van der Waals surface area (Å²) in [6, 6.07) is 21.4. The number of nitrogens with one attached hydrogen (secondary N) is 1. The van der Waals surface area contributed by atoms with E-state index in [0.29, 0.717) is 16.7 Å². The zero-order valence-corrected chi connectivity index (χ0v) is 13.6. The quantitative estimate of drug-likeness (QED) is 0.712. The monoisotopic (exact) mass is 339 g/mol. The van der Waals surface area contributed by atoms with Gasteiger partial charge >= 0.3 is 0 Å². The highest BCUT2D eigenvalue weighted by molar-refractivity contribution is 5.36. The predicted octanol–water partition coefficient (Wildman–Crippen LogP) is 3.99.